The molecule has 1 saturated carbocycles. The van der Waals surface area contributed by atoms with Crippen molar-refractivity contribution in [3.63, 3.8) is 0 Å². The maximum atomic E-state index is 12.6. The monoisotopic (exact) mass is 1880 g/mol. The lowest BCUT2D eigenvalue weighted by Gasteiger charge is -2.29. The summed E-state index contributed by atoms with van der Waals surface area (Å²) in [6, 6.07) is 52.7. The standard InChI is InChI=1S/C17H18O2.C16H16ClNO2.C16H15NO2.C16H17NO2.2C11H21NO.2C9H19NO.C8H17NO/c1-13(2)16(18)17(19,14-9-5-3-6-10-14)15-11-7-4-8-12-15;1-11(2)15(19)16(20,13-6-4-8-18-10-13)12-5-3-7-14(17)9-12;1-10(2)15(18)16(19)13-8-4-3-6-11(13)12-7-5-9-17-14(12)16;1-12(2)15(18)16(19,13-8-4-3-5-9-13)14-10-6-7-11-17-14;1-7(2)9-5-6-12-10(9)11(13)8(3)4;1-8(2)11(13)10(12)9-6-4-3-5-7-9;1-6(2)7(11)8(10)9(3,4)5;1-5-7(4)8(10)9(11)6(2)3;1-5(2)7(9)8(10)6(3)4/h3-13,19H,1-2H3;3-11,20H,1-2H3;3-10,19H,1-2H3;3-12,19H,1-2H3;7-10,12H,5-6H2,1-4H3;8-10H,3-7,12H2,1-2H3;6,8H,10H2,1-5H3;6-8H,5,10H2,1-4H3;5-7H,9H2,1-4H3. The third-order valence-corrected chi connectivity index (χ3v) is 25.1. The van der Waals surface area contributed by atoms with Gasteiger partial charge in [0.2, 0.25) is 0 Å². The quantitative estimate of drug-likeness (QED) is 0.0210. The second-order valence-electron chi connectivity index (χ2n) is 40.3. The molecule has 135 heavy (non-hydrogen) atoms. The number of benzene rings is 5. The molecular weight excluding hydrogens is 1710 g/mol. The highest BCUT2D eigenvalue weighted by atomic mass is 35.5. The van der Waals surface area contributed by atoms with Gasteiger partial charge in [0.1, 0.15) is 0 Å². The molecule has 2 fully saturated rings. The Kier molecular flexibility index (Phi) is 50.0. The van der Waals surface area contributed by atoms with E-state index in [1.807, 2.05) is 184 Å². The number of pyridine rings is 3. The van der Waals surface area contributed by atoms with Crippen LogP contribution in [0.15, 0.2) is 207 Å². The summed E-state index contributed by atoms with van der Waals surface area (Å²) in [6.45, 7) is 52.8. The van der Waals surface area contributed by atoms with Crippen LogP contribution in [0, 0.1) is 88.3 Å². The number of rotatable bonds is 29. The molecule has 4 heterocycles. The Labute approximate surface area is 812 Å². The van der Waals surface area contributed by atoms with E-state index in [2.05, 4.69) is 41.0 Å². The van der Waals surface area contributed by atoms with Crippen molar-refractivity contribution >= 4 is 63.7 Å². The Balaban J connectivity index is 0.000000396. The fourth-order valence-electron chi connectivity index (χ4n) is 15.9. The van der Waals surface area contributed by atoms with Gasteiger partial charge < -0.3 is 48.7 Å². The first-order valence-electron chi connectivity index (χ1n) is 48.4. The van der Waals surface area contributed by atoms with Crippen LogP contribution in [-0.2, 0) is 65.6 Å². The average molecular weight is 1880 g/mol. The molecule has 10 atom stereocenters. The van der Waals surface area contributed by atoms with Gasteiger partial charge >= 0.3 is 0 Å². The minimum absolute atomic E-state index is 0.0456. The molecular formula is C113H163ClN8O13. The van der Waals surface area contributed by atoms with Gasteiger partial charge in [0.15, 0.2) is 74.5 Å². The van der Waals surface area contributed by atoms with Gasteiger partial charge in [-0.2, -0.15) is 0 Å². The third kappa shape index (κ3) is 33.4. The maximum Gasteiger partial charge on any atom is 0.192 e. The third-order valence-electron chi connectivity index (χ3n) is 24.8. The summed E-state index contributed by atoms with van der Waals surface area (Å²) >= 11 is 5.98. The molecule has 1 aliphatic heterocycles. The number of aromatic nitrogens is 3. The van der Waals surface area contributed by atoms with Crippen molar-refractivity contribution in [3.05, 3.63) is 257 Å². The van der Waals surface area contributed by atoms with Crippen molar-refractivity contribution in [2.75, 3.05) is 6.54 Å². The molecule has 22 heteroatoms. The summed E-state index contributed by atoms with van der Waals surface area (Å²) in [6.07, 6.45) is 14.6. The van der Waals surface area contributed by atoms with E-state index in [0.717, 1.165) is 43.4 Å². The minimum atomic E-state index is -1.73. The Hall–Kier alpha value is -9.49. The number of aliphatic hydroxyl groups is 4. The van der Waals surface area contributed by atoms with Gasteiger partial charge in [-0.15, -0.1) is 0 Å². The molecule has 11 rings (SSSR count). The molecule has 0 bridgehead atoms. The number of halogens is 1. The van der Waals surface area contributed by atoms with Crippen LogP contribution in [0.4, 0.5) is 0 Å². The molecule has 10 unspecified atom stereocenters. The van der Waals surface area contributed by atoms with Crippen LogP contribution in [-0.4, -0.2) is 124 Å². The smallest absolute Gasteiger partial charge is 0.192 e. The van der Waals surface area contributed by atoms with Gasteiger partial charge in [0, 0.05) is 99.8 Å². The second-order valence-corrected chi connectivity index (χ2v) is 40.7. The molecule has 1 saturated heterocycles. The number of hydrogen-bond donors (Lipinski definition) is 9. The fourth-order valence-corrected chi connectivity index (χ4v) is 16.0. The van der Waals surface area contributed by atoms with E-state index in [-0.39, 0.29) is 141 Å². The highest BCUT2D eigenvalue weighted by Crippen LogP contribution is 2.48. The molecule has 5 aromatic carbocycles. The van der Waals surface area contributed by atoms with E-state index in [1.54, 1.807) is 183 Å². The zero-order valence-electron chi connectivity index (χ0n) is 85.7. The molecule has 3 aromatic heterocycles. The maximum absolute atomic E-state index is 12.6. The van der Waals surface area contributed by atoms with Gasteiger partial charge in [0.05, 0.1) is 41.6 Å². The predicted molar refractivity (Wildman–Crippen MR) is 546 cm³/mol. The number of nitrogens with one attached hydrogen (secondary N) is 1. The molecule has 21 nitrogen and oxygen atoms in total. The Morgan fingerprint density at radius 2 is 0.859 bits per heavy atom. The first kappa shape index (κ1) is 120. The minimum Gasteiger partial charge on any atom is -0.373 e. The highest BCUT2D eigenvalue weighted by molar-refractivity contribution is 6.30. The number of nitrogens with zero attached hydrogens (tertiary/aromatic N) is 3. The van der Waals surface area contributed by atoms with Crippen LogP contribution < -0.4 is 28.3 Å². The molecule has 0 radical (unpaired) electrons. The summed E-state index contributed by atoms with van der Waals surface area (Å²) in [5, 5.41) is 47.9. The Bertz CT molecular complexity index is 4700. The van der Waals surface area contributed by atoms with Crippen molar-refractivity contribution in [2.24, 2.45) is 111 Å². The molecule has 8 aromatic rings. The lowest BCUT2D eigenvalue weighted by molar-refractivity contribution is -0.138. The van der Waals surface area contributed by atoms with Gasteiger partial charge in [0.25, 0.3) is 0 Å². The molecule has 740 valence electrons. The van der Waals surface area contributed by atoms with Gasteiger partial charge in [-0.25, -0.2) is 0 Å². The van der Waals surface area contributed by atoms with Crippen LogP contribution in [0.2, 0.25) is 5.02 Å². The SMILES string of the molecule is CC(C)C(=O)C(N)C(C)(C)C.CC(C)C(=O)C(N)C(C)C.CC(C)C(=O)C(N)C1CCCCC1.CC(C)C(=O)C(O)(c1ccccc1)c1ccccc1.CC(C)C(=O)C(O)(c1ccccc1)c1ccccn1.CC(C)C(=O)C(O)(c1cccnc1)c1cccc(Cl)c1.CC(C)C(=O)C1(O)c2ccccc2-c2cccnc21.CC(C)C(=O)C1NCCC1C(C)C.CCC(C)C(N)C(=O)C(C)C. The number of hydrogen-bond acceptors (Lipinski definition) is 21. The van der Waals surface area contributed by atoms with Crippen molar-refractivity contribution in [1.29, 1.82) is 0 Å². The van der Waals surface area contributed by atoms with Crippen LogP contribution >= 0.6 is 11.6 Å². The number of carbonyl (C=O) groups excluding carboxylic acids is 9. The number of fused-ring (bicyclic) bond motifs is 3. The molecule has 3 aliphatic rings. The number of carbonyl (C=O) groups is 9. The van der Waals surface area contributed by atoms with Gasteiger partial charge in [-0.3, -0.25) is 58.1 Å². The molecule has 2 aliphatic carbocycles. The summed E-state index contributed by atoms with van der Waals surface area (Å²) < 4.78 is 0. The topological polar surface area (TPSA) is 389 Å². The number of ketones is 9. The van der Waals surface area contributed by atoms with E-state index in [4.69, 9.17) is 34.5 Å². The largest absolute Gasteiger partial charge is 0.373 e. The molecule has 0 spiro atoms. The average Bonchev–Trinajstić information content (AvgIpc) is 1.57. The Morgan fingerprint density at radius 3 is 1.26 bits per heavy atom. The van der Waals surface area contributed by atoms with Gasteiger partial charge in [-0.05, 0) is 125 Å². The van der Waals surface area contributed by atoms with Crippen molar-refractivity contribution in [2.45, 2.75) is 285 Å². The lowest BCUT2D eigenvalue weighted by atomic mass is 9.79. The van der Waals surface area contributed by atoms with E-state index < -0.39 is 22.4 Å². The fraction of sp³-hybridized carbons (Fsp3) is 0.522. The van der Waals surface area contributed by atoms with E-state index >= 15 is 0 Å². The summed E-state index contributed by atoms with van der Waals surface area (Å²) in [5.41, 5.74) is 22.2. The van der Waals surface area contributed by atoms with Crippen molar-refractivity contribution in [1.82, 2.24) is 20.3 Å². The zero-order chi connectivity index (χ0) is 103. The first-order chi connectivity index (χ1) is 63.0. The van der Waals surface area contributed by atoms with Crippen molar-refractivity contribution in [3.8, 4) is 11.1 Å². The Morgan fingerprint density at radius 1 is 0.437 bits per heavy atom. The number of nitrogens with two attached hydrogens (primary N) is 4. The molecule has 0 amide bonds. The predicted octanol–water partition coefficient (Wildman–Crippen LogP) is 19.7. The van der Waals surface area contributed by atoms with E-state index in [9.17, 15) is 63.6 Å². The summed E-state index contributed by atoms with van der Waals surface area (Å²) in [4.78, 5) is 120. The lowest BCUT2D eigenvalue weighted by Crippen LogP contribution is -2.44. The highest BCUT2D eigenvalue weighted by Gasteiger charge is 2.50. The van der Waals surface area contributed by atoms with E-state index in [0.29, 0.717) is 79.2 Å². The van der Waals surface area contributed by atoms with Crippen LogP contribution in [0.25, 0.3) is 11.1 Å². The number of Topliss-reactive ketones (excluding diaryl/α,β-unsaturated/α-hetero) is 9. The van der Waals surface area contributed by atoms with E-state index in [1.165, 1.54) is 25.5 Å². The van der Waals surface area contributed by atoms with Crippen LogP contribution in [0.5, 0.6) is 0 Å². The van der Waals surface area contributed by atoms with Crippen molar-refractivity contribution < 1.29 is 63.6 Å². The second kappa shape index (κ2) is 56.4. The van der Waals surface area contributed by atoms with Gasteiger partial charge in [-0.1, -0.05) is 370 Å². The summed E-state index contributed by atoms with van der Waals surface area (Å²) in [7, 11) is 0. The van der Waals surface area contributed by atoms with Crippen LogP contribution in [0.3, 0.4) is 0 Å². The normalized spacial score (nSPS) is 17.1. The zero-order valence-corrected chi connectivity index (χ0v) is 86.5. The summed E-state index contributed by atoms with van der Waals surface area (Å²) in [5.74, 6) is 1.71. The van der Waals surface area contributed by atoms with Crippen LogP contribution in [0.1, 0.15) is 277 Å². The molecule has 13 N–H and O–H groups in total. The first-order valence-corrected chi connectivity index (χ1v) is 48.7.